The molecule has 6 bridgehead atoms. The van der Waals surface area contributed by atoms with Gasteiger partial charge in [-0.05, 0) is 92.6 Å². The van der Waals surface area contributed by atoms with Crippen molar-refractivity contribution in [3.05, 3.63) is 49.6 Å². The van der Waals surface area contributed by atoms with Gasteiger partial charge in [-0.25, -0.2) is 0 Å². The fourth-order valence-electron chi connectivity index (χ4n) is 11.0. The molecule has 8 heteroatoms. The summed E-state index contributed by atoms with van der Waals surface area (Å²) in [4.78, 5) is 0. The molecule has 8 fully saturated rings. The van der Waals surface area contributed by atoms with Gasteiger partial charge in [0.25, 0.3) is 0 Å². The van der Waals surface area contributed by atoms with E-state index in [1.54, 1.807) is 0 Å². The van der Waals surface area contributed by atoms with Gasteiger partial charge in [-0.2, -0.15) is 0 Å². The molecule has 0 aromatic rings. The molecule has 0 radical (unpaired) electrons. The third-order valence-corrected chi connectivity index (χ3v) is 14.5. The molecular formula is C45H70O8. The molecule has 0 aliphatic carbocycles. The Bertz CT molecular complexity index is 1320. The molecule has 8 aliphatic heterocycles. The quantitative estimate of drug-likeness (QED) is 0.149. The van der Waals surface area contributed by atoms with Crippen molar-refractivity contribution < 1.29 is 38.3 Å². The third kappa shape index (κ3) is 8.23. The summed E-state index contributed by atoms with van der Waals surface area (Å²) in [6.07, 6.45) is 14.9. The zero-order valence-corrected chi connectivity index (χ0v) is 33.4. The Morgan fingerprint density at radius 2 is 1.57 bits per heavy atom. The highest BCUT2D eigenvalue weighted by Crippen LogP contribution is 2.54. The van der Waals surface area contributed by atoms with E-state index >= 15 is 0 Å². The third-order valence-electron chi connectivity index (χ3n) is 14.5. The standard InChI is InChI=1S/C45H70O8/c1-10-13-31(46)22-34-29(8)37(19-25(4)12-3)49-39(34)23-38-28(7)26(5)20-32(48-38)15-16-35-27(6)21-33(47-35)17-18-45-24-40-42(53-45)44-43(51-40)41(52-45)30(9)36(50-44)14-11-2/h10-11,25-26,29-44,46H,1-2,6-7,12-24H2,3-5,8-9H3/t25-,26-,29-,30?,31?,32+,33+,34-,35?,36+,37-,38-,39?,40-,41+,42+,43+,44+,45-/m1/s1. The minimum atomic E-state index is -0.645. The maximum Gasteiger partial charge on any atom is 0.172 e. The van der Waals surface area contributed by atoms with Crippen LogP contribution in [0.1, 0.15) is 118 Å². The molecule has 19 atom stereocenters. The van der Waals surface area contributed by atoms with Gasteiger partial charge in [0, 0.05) is 25.2 Å². The minimum absolute atomic E-state index is 0.0271. The van der Waals surface area contributed by atoms with E-state index in [0.717, 1.165) is 77.0 Å². The van der Waals surface area contributed by atoms with Crippen molar-refractivity contribution in [2.24, 2.45) is 29.6 Å². The van der Waals surface area contributed by atoms with E-state index in [-0.39, 0.29) is 85.1 Å². The summed E-state index contributed by atoms with van der Waals surface area (Å²) in [7, 11) is 0. The van der Waals surface area contributed by atoms with Crippen molar-refractivity contribution in [3.8, 4) is 0 Å². The summed E-state index contributed by atoms with van der Waals surface area (Å²) in [5.41, 5.74) is 2.36. The first-order valence-electron chi connectivity index (χ1n) is 21.3. The first-order chi connectivity index (χ1) is 25.4. The summed E-state index contributed by atoms with van der Waals surface area (Å²) in [6.45, 7) is 28.2. The lowest BCUT2D eigenvalue weighted by molar-refractivity contribution is -0.262. The molecule has 0 aromatic carbocycles. The molecule has 8 saturated heterocycles. The Balaban J connectivity index is 0.921. The van der Waals surface area contributed by atoms with E-state index in [1.165, 1.54) is 11.1 Å². The molecule has 0 saturated carbocycles. The van der Waals surface area contributed by atoms with E-state index in [4.69, 9.17) is 33.2 Å². The SMILES string of the molecule is C=CCC(O)C[C@H]1C(C[C@H]2O[C@@H](CCC3O[C@@H](CC[C@@]45C[C@H]6O[C@@H]7[C@@H](O[C@@H](CC=C)C(C)[C@@H]7O4)[C@H]6O5)CC3=C)C[C@@H](C)C2=C)O[C@H](C[C@H](C)CC)[C@@H]1C. The van der Waals surface area contributed by atoms with Gasteiger partial charge in [-0.15, -0.1) is 13.2 Å². The number of ether oxygens (including phenoxy) is 7. The lowest BCUT2D eigenvalue weighted by Gasteiger charge is -2.42. The van der Waals surface area contributed by atoms with Crippen molar-refractivity contribution in [3.63, 3.8) is 0 Å². The van der Waals surface area contributed by atoms with Crippen molar-refractivity contribution in [2.75, 3.05) is 0 Å². The number of hydrogen-bond acceptors (Lipinski definition) is 8. The van der Waals surface area contributed by atoms with Crippen LogP contribution >= 0.6 is 0 Å². The minimum Gasteiger partial charge on any atom is -0.393 e. The predicted octanol–water partition coefficient (Wildman–Crippen LogP) is 8.41. The van der Waals surface area contributed by atoms with Gasteiger partial charge in [0.15, 0.2) is 5.79 Å². The summed E-state index contributed by atoms with van der Waals surface area (Å²) in [5.74, 6) is 1.22. The molecule has 8 aliphatic rings. The average Bonchev–Trinajstić information content (AvgIpc) is 3.79. The van der Waals surface area contributed by atoms with E-state index < -0.39 is 11.9 Å². The van der Waals surface area contributed by atoms with Crippen LogP contribution in [0.15, 0.2) is 49.6 Å². The summed E-state index contributed by atoms with van der Waals surface area (Å²) < 4.78 is 47.1. The molecule has 1 N–H and O–H groups in total. The molecule has 53 heavy (non-hydrogen) atoms. The number of aliphatic hydroxyl groups excluding tert-OH is 1. The van der Waals surface area contributed by atoms with Crippen LogP contribution in [0.3, 0.4) is 0 Å². The molecule has 0 amide bonds. The van der Waals surface area contributed by atoms with Gasteiger partial charge in [0.05, 0.1) is 61.0 Å². The summed E-state index contributed by atoms with van der Waals surface area (Å²) >= 11 is 0. The number of aliphatic hydroxyl groups is 1. The van der Waals surface area contributed by atoms with Crippen LogP contribution in [0.2, 0.25) is 0 Å². The monoisotopic (exact) mass is 739 g/mol. The second kappa shape index (κ2) is 16.6. The molecule has 8 nitrogen and oxygen atoms in total. The lowest BCUT2D eigenvalue weighted by atomic mass is 9.78. The zero-order valence-electron chi connectivity index (χ0n) is 33.4. The highest BCUT2D eigenvalue weighted by Gasteiger charge is 2.67. The number of rotatable bonds is 17. The van der Waals surface area contributed by atoms with Gasteiger partial charge in [0.2, 0.25) is 0 Å². The summed E-state index contributed by atoms with van der Waals surface area (Å²) in [5, 5.41) is 10.8. The average molecular weight is 739 g/mol. The van der Waals surface area contributed by atoms with Crippen LogP contribution in [0.25, 0.3) is 0 Å². The maximum absolute atomic E-state index is 10.8. The zero-order chi connectivity index (χ0) is 37.6. The molecule has 298 valence electrons. The van der Waals surface area contributed by atoms with Crippen LogP contribution in [0, 0.1) is 29.6 Å². The Kier molecular flexibility index (Phi) is 12.5. The largest absolute Gasteiger partial charge is 0.393 e. The second-order valence-electron chi connectivity index (χ2n) is 18.3. The fourth-order valence-corrected chi connectivity index (χ4v) is 11.0. The van der Waals surface area contributed by atoms with Crippen molar-refractivity contribution >= 4 is 0 Å². The van der Waals surface area contributed by atoms with Crippen LogP contribution in [-0.4, -0.2) is 90.2 Å². The summed E-state index contributed by atoms with van der Waals surface area (Å²) in [6, 6.07) is 0. The van der Waals surface area contributed by atoms with Crippen LogP contribution in [0.4, 0.5) is 0 Å². The van der Waals surface area contributed by atoms with Gasteiger partial charge in [-0.3, -0.25) is 0 Å². The number of hydrogen-bond donors (Lipinski definition) is 1. The highest BCUT2D eigenvalue weighted by atomic mass is 16.8. The molecule has 0 aromatic heterocycles. The van der Waals surface area contributed by atoms with E-state index in [2.05, 4.69) is 60.9 Å². The normalized spacial score (nSPS) is 47.2. The smallest absolute Gasteiger partial charge is 0.172 e. The fraction of sp³-hybridized carbons (Fsp3) is 0.822. The Hall–Kier alpha value is -1.36. The Morgan fingerprint density at radius 1 is 0.811 bits per heavy atom. The molecule has 0 spiro atoms. The van der Waals surface area contributed by atoms with Crippen molar-refractivity contribution in [1.29, 1.82) is 0 Å². The second-order valence-corrected chi connectivity index (χ2v) is 18.3. The topological polar surface area (TPSA) is 84.8 Å². The van der Waals surface area contributed by atoms with Crippen LogP contribution in [0.5, 0.6) is 0 Å². The van der Waals surface area contributed by atoms with Gasteiger partial charge in [-0.1, -0.05) is 66.3 Å². The van der Waals surface area contributed by atoms with Crippen LogP contribution in [-0.2, 0) is 33.2 Å². The molecule has 8 rings (SSSR count). The van der Waals surface area contributed by atoms with Gasteiger partial charge < -0.3 is 38.3 Å². The van der Waals surface area contributed by atoms with Crippen LogP contribution < -0.4 is 0 Å². The first-order valence-corrected chi connectivity index (χ1v) is 21.3. The molecular weight excluding hydrogens is 668 g/mol. The highest BCUT2D eigenvalue weighted by molar-refractivity contribution is 5.14. The van der Waals surface area contributed by atoms with E-state index in [9.17, 15) is 5.11 Å². The Morgan fingerprint density at radius 3 is 2.32 bits per heavy atom. The van der Waals surface area contributed by atoms with E-state index in [1.807, 2.05) is 12.2 Å². The van der Waals surface area contributed by atoms with Crippen molar-refractivity contribution in [1.82, 2.24) is 0 Å². The van der Waals surface area contributed by atoms with Gasteiger partial charge in [0.1, 0.15) is 18.3 Å². The molecule has 8 heterocycles. The lowest BCUT2D eigenvalue weighted by Crippen LogP contribution is -2.54. The maximum atomic E-state index is 10.8. The Labute approximate surface area is 320 Å². The predicted molar refractivity (Wildman–Crippen MR) is 206 cm³/mol. The van der Waals surface area contributed by atoms with Gasteiger partial charge >= 0.3 is 0 Å². The molecule has 4 unspecified atom stereocenters. The van der Waals surface area contributed by atoms with Crippen molar-refractivity contribution in [2.45, 2.75) is 203 Å². The van der Waals surface area contributed by atoms with E-state index in [0.29, 0.717) is 24.2 Å². The first kappa shape index (κ1) is 39.9.